The second-order valence-corrected chi connectivity index (χ2v) is 13.3. The number of hydrogen-bond donors (Lipinski definition) is 0. The lowest BCUT2D eigenvalue weighted by molar-refractivity contribution is -0.147. The van der Waals surface area contributed by atoms with E-state index in [4.69, 9.17) is 18.9 Å². The molecule has 0 saturated heterocycles. The predicted molar refractivity (Wildman–Crippen MR) is 225 cm³/mol. The van der Waals surface area contributed by atoms with Crippen molar-refractivity contribution in [3.8, 4) is 12.1 Å². The molecule has 0 bridgehead atoms. The van der Waals surface area contributed by atoms with Gasteiger partial charge in [0.15, 0.2) is 0 Å². The molecule has 4 aromatic carbocycles. The normalized spacial score (nSPS) is 10.9. The van der Waals surface area contributed by atoms with Crippen LogP contribution in [0.15, 0.2) is 133 Å². The van der Waals surface area contributed by atoms with Gasteiger partial charge in [-0.1, -0.05) is 61.7 Å². The van der Waals surface area contributed by atoms with E-state index in [-0.39, 0.29) is 48.7 Å². The van der Waals surface area contributed by atoms with Gasteiger partial charge in [0.05, 0.1) is 0 Å². The second kappa shape index (κ2) is 21.6. The Balaban J connectivity index is 1.29. The van der Waals surface area contributed by atoms with Crippen molar-refractivity contribution in [1.29, 1.82) is 10.5 Å². The monoisotopic (exact) mass is 792 g/mol. The molecule has 59 heavy (non-hydrogen) atoms. The summed E-state index contributed by atoms with van der Waals surface area (Å²) in [6, 6.07) is 35.0. The van der Waals surface area contributed by atoms with Crippen LogP contribution in [0.25, 0.3) is 12.2 Å². The average molecular weight is 793 g/mol. The van der Waals surface area contributed by atoms with Crippen LogP contribution in [0, 0.1) is 22.7 Å². The number of carbonyl (C=O) groups excluding carboxylic acids is 4. The molecule has 4 rings (SSSR count). The molecule has 0 aliphatic heterocycles. The molecule has 0 atom stereocenters. The standard InChI is InChI=1S/C47H44N4O8/c1-32(2)44(52)56-23-25-58-46(54)38(30-48)28-36-11-19-42(20-12-36)50(5)40-15-7-34(8-16-40)27-35-9-17-41(18-10-35)51(6)43-21-13-37(14-22-43)29-39(31-49)47(55)59-26-24-57-45(53)33(3)4/h7-22,28-29H,1,3,23-27H2,2,4-6H3. The van der Waals surface area contributed by atoms with Crippen molar-refractivity contribution in [2.45, 2.75) is 20.3 Å². The molecule has 0 N–H and O–H groups in total. The number of nitrogens with zero attached hydrogens (tertiary/aromatic N) is 4. The summed E-state index contributed by atoms with van der Waals surface area (Å²) in [5.74, 6) is -2.78. The first-order chi connectivity index (χ1) is 28.3. The van der Waals surface area contributed by atoms with Gasteiger partial charge in [-0.05, 0) is 103 Å². The van der Waals surface area contributed by atoms with E-state index in [1.165, 1.54) is 26.0 Å². The number of carbonyl (C=O) groups is 4. The largest absolute Gasteiger partial charge is 0.459 e. The van der Waals surface area contributed by atoms with Crippen molar-refractivity contribution in [3.63, 3.8) is 0 Å². The smallest absolute Gasteiger partial charge is 0.349 e. The Kier molecular flexibility index (Phi) is 16.1. The minimum absolute atomic E-state index is 0.138. The van der Waals surface area contributed by atoms with Crippen LogP contribution in [0.4, 0.5) is 22.7 Å². The molecule has 0 aromatic heterocycles. The third-order valence-corrected chi connectivity index (χ3v) is 8.72. The van der Waals surface area contributed by atoms with Crippen LogP contribution >= 0.6 is 0 Å². The Bertz CT molecular complexity index is 2150. The zero-order valence-corrected chi connectivity index (χ0v) is 33.4. The predicted octanol–water partition coefficient (Wildman–Crippen LogP) is 7.95. The molecule has 0 aliphatic rings. The Morgan fingerprint density at radius 1 is 0.508 bits per heavy atom. The minimum atomic E-state index is -0.809. The first-order valence-corrected chi connectivity index (χ1v) is 18.4. The maximum Gasteiger partial charge on any atom is 0.349 e. The van der Waals surface area contributed by atoms with E-state index in [1.807, 2.05) is 60.3 Å². The van der Waals surface area contributed by atoms with Gasteiger partial charge in [0.2, 0.25) is 0 Å². The summed E-state index contributed by atoms with van der Waals surface area (Å²) >= 11 is 0. The molecule has 0 radical (unpaired) electrons. The van der Waals surface area contributed by atoms with Crippen molar-refractivity contribution in [3.05, 3.63) is 155 Å². The summed E-state index contributed by atoms with van der Waals surface area (Å²) in [5, 5.41) is 19.0. The Morgan fingerprint density at radius 2 is 0.780 bits per heavy atom. The van der Waals surface area contributed by atoms with Gasteiger partial charge in [0.25, 0.3) is 0 Å². The fraction of sp³-hybridized carbons (Fsp3) is 0.191. The highest BCUT2D eigenvalue weighted by molar-refractivity contribution is 5.98. The van der Waals surface area contributed by atoms with Crippen molar-refractivity contribution in [1.82, 2.24) is 0 Å². The van der Waals surface area contributed by atoms with E-state index in [0.29, 0.717) is 11.1 Å². The van der Waals surface area contributed by atoms with Gasteiger partial charge in [0.1, 0.15) is 49.7 Å². The molecule has 0 aliphatic carbocycles. The first-order valence-electron chi connectivity index (χ1n) is 18.4. The van der Waals surface area contributed by atoms with E-state index in [9.17, 15) is 29.7 Å². The maximum absolute atomic E-state index is 12.3. The van der Waals surface area contributed by atoms with Crippen molar-refractivity contribution < 1.29 is 38.1 Å². The molecule has 0 heterocycles. The minimum Gasteiger partial charge on any atom is -0.459 e. The summed E-state index contributed by atoms with van der Waals surface area (Å²) < 4.78 is 19.9. The molecule has 0 fully saturated rings. The fourth-order valence-corrected chi connectivity index (χ4v) is 5.34. The van der Waals surface area contributed by atoms with Crippen LogP contribution in [-0.4, -0.2) is 64.4 Å². The highest BCUT2D eigenvalue weighted by Gasteiger charge is 2.14. The van der Waals surface area contributed by atoms with Gasteiger partial charge in [-0.25, -0.2) is 19.2 Å². The Labute approximate surface area is 344 Å². The first kappa shape index (κ1) is 44.0. The van der Waals surface area contributed by atoms with Crippen LogP contribution in [-0.2, 0) is 44.5 Å². The van der Waals surface area contributed by atoms with Gasteiger partial charge in [-0.3, -0.25) is 0 Å². The van der Waals surface area contributed by atoms with Crippen molar-refractivity contribution >= 4 is 58.8 Å². The summed E-state index contributed by atoms with van der Waals surface area (Å²) in [6.45, 7) is 9.35. The molecule has 0 unspecified atom stereocenters. The lowest BCUT2D eigenvalue weighted by Gasteiger charge is -2.21. The molecule has 0 amide bonds. The lowest BCUT2D eigenvalue weighted by Crippen LogP contribution is -2.15. The molecular weight excluding hydrogens is 749 g/mol. The van der Waals surface area contributed by atoms with Crippen molar-refractivity contribution in [2.75, 3.05) is 50.3 Å². The van der Waals surface area contributed by atoms with Gasteiger partial charge in [-0.15, -0.1) is 0 Å². The van der Waals surface area contributed by atoms with Crippen LogP contribution in [0.1, 0.15) is 36.1 Å². The van der Waals surface area contributed by atoms with E-state index in [1.54, 1.807) is 24.3 Å². The summed E-state index contributed by atoms with van der Waals surface area (Å²) in [4.78, 5) is 51.7. The number of ether oxygens (including phenoxy) is 4. The van der Waals surface area contributed by atoms with Crippen LogP contribution in [0.2, 0.25) is 0 Å². The molecule has 0 saturated carbocycles. The van der Waals surface area contributed by atoms with E-state index < -0.39 is 23.9 Å². The highest BCUT2D eigenvalue weighted by Crippen LogP contribution is 2.28. The van der Waals surface area contributed by atoms with Crippen LogP contribution < -0.4 is 9.80 Å². The molecular formula is C47H44N4O8. The van der Waals surface area contributed by atoms with E-state index in [0.717, 1.165) is 40.3 Å². The van der Waals surface area contributed by atoms with Crippen LogP contribution in [0.5, 0.6) is 0 Å². The molecule has 4 aromatic rings. The van der Waals surface area contributed by atoms with E-state index >= 15 is 0 Å². The Hall–Kier alpha value is -7.70. The van der Waals surface area contributed by atoms with Crippen molar-refractivity contribution in [2.24, 2.45) is 0 Å². The van der Waals surface area contributed by atoms with E-state index in [2.05, 4.69) is 61.7 Å². The molecule has 12 heteroatoms. The topological polar surface area (TPSA) is 159 Å². The number of nitriles is 2. The molecule has 300 valence electrons. The number of anilines is 4. The van der Waals surface area contributed by atoms with Gasteiger partial charge >= 0.3 is 23.9 Å². The number of benzene rings is 4. The zero-order valence-electron chi connectivity index (χ0n) is 33.4. The highest BCUT2D eigenvalue weighted by atomic mass is 16.6. The molecule has 0 spiro atoms. The number of rotatable bonds is 18. The maximum atomic E-state index is 12.3. The van der Waals surface area contributed by atoms with Crippen LogP contribution in [0.3, 0.4) is 0 Å². The SMILES string of the molecule is C=C(C)C(=O)OCCOC(=O)C(C#N)=Cc1ccc(N(C)c2ccc(Cc3ccc(N(C)c4ccc(C=C(C#N)C(=O)OCCOC(=O)C(=C)C)cc4)cc3)cc2)cc1. The lowest BCUT2D eigenvalue weighted by atomic mass is 10.0. The Morgan fingerprint density at radius 3 is 1.05 bits per heavy atom. The van der Waals surface area contributed by atoms with Gasteiger partial charge in [-0.2, -0.15) is 10.5 Å². The second-order valence-electron chi connectivity index (χ2n) is 13.3. The summed E-state index contributed by atoms with van der Waals surface area (Å²) in [5.41, 5.74) is 7.47. The zero-order chi connectivity index (χ0) is 42.9. The molecule has 12 nitrogen and oxygen atoms in total. The quantitative estimate of drug-likeness (QED) is 0.0315. The van der Waals surface area contributed by atoms with Gasteiger partial charge < -0.3 is 28.7 Å². The average Bonchev–Trinajstić information content (AvgIpc) is 3.24. The summed E-state index contributed by atoms with van der Waals surface area (Å²) in [7, 11) is 3.91. The fourth-order valence-electron chi connectivity index (χ4n) is 5.34. The third kappa shape index (κ3) is 13.2. The summed E-state index contributed by atoms with van der Waals surface area (Å²) in [6.07, 6.45) is 3.62. The number of hydrogen-bond acceptors (Lipinski definition) is 12. The number of esters is 4. The van der Waals surface area contributed by atoms with Gasteiger partial charge in [0, 0.05) is 48.0 Å². The third-order valence-electron chi connectivity index (χ3n) is 8.72.